The Morgan fingerprint density at radius 2 is 2.08 bits per heavy atom. The van der Waals surface area contributed by atoms with Crippen LogP contribution in [-0.2, 0) is 11.3 Å². The van der Waals surface area contributed by atoms with Crippen molar-refractivity contribution in [3.8, 4) is 11.4 Å². The maximum atomic E-state index is 12.2. The van der Waals surface area contributed by atoms with Crippen molar-refractivity contribution in [3.63, 3.8) is 0 Å². The van der Waals surface area contributed by atoms with Gasteiger partial charge in [0.05, 0.1) is 18.6 Å². The minimum absolute atomic E-state index is 0.0582. The van der Waals surface area contributed by atoms with Crippen LogP contribution in [0.15, 0.2) is 60.0 Å². The van der Waals surface area contributed by atoms with Crippen LogP contribution in [0.5, 0.6) is 5.75 Å². The summed E-state index contributed by atoms with van der Waals surface area (Å²) in [5, 5.41) is 11.7. The third-order valence-electron chi connectivity index (χ3n) is 3.85. The number of thioether (sulfide) groups is 1. The lowest BCUT2D eigenvalue weighted by Crippen LogP contribution is -2.24. The lowest BCUT2D eigenvalue weighted by molar-refractivity contribution is -0.118. The summed E-state index contributed by atoms with van der Waals surface area (Å²) in [4.78, 5) is 12.2. The molecule has 0 aliphatic heterocycles. The number of para-hydroxylation sites is 1. The average molecular weight is 368 g/mol. The van der Waals surface area contributed by atoms with Crippen LogP contribution in [0.1, 0.15) is 11.1 Å². The van der Waals surface area contributed by atoms with Gasteiger partial charge in [0.1, 0.15) is 12.1 Å². The first kappa shape index (κ1) is 18.0. The third-order valence-corrected chi connectivity index (χ3v) is 4.79. The molecule has 0 unspecified atom stereocenters. The SMILES string of the molecule is COc1cccc(CNC(=O)CSc2nncn2-c2ccccc2C)c1. The fourth-order valence-electron chi connectivity index (χ4n) is 2.49. The molecule has 3 rings (SSSR count). The number of nitrogens with one attached hydrogen (secondary N) is 1. The second kappa shape index (κ2) is 8.53. The van der Waals surface area contributed by atoms with Gasteiger partial charge in [0.15, 0.2) is 5.16 Å². The monoisotopic (exact) mass is 368 g/mol. The zero-order valence-electron chi connectivity index (χ0n) is 14.7. The van der Waals surface area contributed by atoms with Gasteiger partial charge in [0.2, 0.25) is 5.91 Å². The Balaban J connectivity index is 1.57. The van der Waals surface area contributed by atoms with E-state index in [0.29, 0.717) is 11.7 Å². The Morgan fingerprint density at radius 1 is 1.23 bits per heavy atom. The molecule has 1 N–H and O–H groups in total. The summed E-state index contributed by atoms with van der Waals surface area (Å²) in [5.74, 6) is 0.990. The Labute approximate surface area is 156 Å². The quantitative estimate of drug-likeness (QED) is 0.649. The van der Waals surface area contributed by atoms with E-state index in [1.165, 1.54) is 11.8 Å². The predicted octanol–water partition coefficient (Wildman–Crippen LogP) is 2.99. The van der Waals surface area contributed by atoms with Crippen molar-refractivity contribution in [2.45, 2.75) is 18.6 Å². The highest BCUT2D eigenvalue weighted by molar-refractivity contribution is 7.99. The van der Waals surface area contributed by atoms with Crippen molar-refractivity contribution in [2.75, 3.05) is 12.9 Å². The average Bonchev–Trinajstić information content (AvgIpc) is 3.13. The van der Waals surface area contributed by atoms with E-state index in [1.54, 1.807) is 13.4 Å². The Bertz CT molecular complexity index is 895. The molecular formula is C19H20N4O2S. The number of amides is 1. The minimum atomic E-state index is -0.0582. The molecule has 0 fully saturated rings. The van der Waals surface area contributed by atoms with Crippen molar-refractivity contribution in [3.05, 3.63) is 66.0 Å². The number of aromatic nitrogens is 3. The molecular weight excluding hydrogens is 348 g/mol. The highest BCUT2D eigenvalue weighted by atomic mass is 32.2. The molecule has 3 aromatic rings. The van der Waals surface area contributed by atoms with Gasteiger partial charge in [-0.3, -0.25) is 9.36 Å². The topological polar surface area (TPSA) is 69.0 Å². The Hall–Kier alpha value is -2.80. The normalized spacial score (nSPS) is 10.5. The molecule has 2 aromatic carbocycles. The minimum Gasteiger partial charge on any atom is -0.497 e. The summed E-state index contributed by atoms with van der Waals surface area (Å²) < 4.78 is 7.09. The highest BCUT2D eigenvalue weighted by Gasteiger charge is 2.11. The van der Waals surface area contributed by atoms with Gasteiger partial charge < -0.3 is 10.1 Å². The van der Waals surface area contributed by atoms with Crippen LogP contribution in [0, 0.1) is 6.92 Å². The fraction of sp³-hybridized carbons (Fsp3) is 0.211. The molecule has 0 saturated heterocycles. The Kier molecular flexibility index (Phi) is 5.91. The summed E-state index contributed by atoms with van der Waals surface area (Å²) >= 11 is 1.36. The van der Waals surface area contributed by atoms with Crippen molar-refractivity contribution >= 4 is 17.7 Å². The molecule has 6 nitrogen and oxygen atoms in total. The van der Waals surface area contributed by atoms with Crippen LogP contribution in [0.3, 0.4) is 0 Å². The first-order valence-corrected chi connectivity index (χ1v) is 9.14. The van der Waals surface area contributed by atoms with Gasteiger partial charge in [-0.25, -0.2) is 0 Å². The van der Waals surface area contributed by atoms with Crippen LogP contribution in [0.4, 0.5) is 0 Å². The second-order valence-corrected chi connectivity index (χ2v) is 6.63. The number of methoxy groups -OCH3 is 1. The zero-order valence-corrected chi connectivity index (χ0v) is 15.5. The maximum absolute atomic E-state index is 12.2. The van der Waals surface area contributed by atoms with Gasteiger partial charge in [0.25, 0.3) is 0 Å². The smallest absolute Gasteiger partial charge is 0.230 e. The van der Waals surface area contributed by atoms with E-state index in [9.17, 15) is 4.79 Å². The van der Waals surface area contributed by atoms with Gasteiger partial charge >= 0.3 is 0 Å². The van der Waals surface area contributed by atoms with E-state index < -0.39 is 0 Å². The summed E-state index contributed by atoms with van der Waals surface area (Å²) in [6.45, 7) is 2.49. The number of carbonyl (C=O) groups excluding carboxylic acids is 1. The third kappa shape index (κ3) is 4.43. The van der Waals surface area contributed by atoms with Gasteiger partial charge in [-0.2, -0.15) is 0 Å². The predicted molar refractivity (Wildman–Crippen MR) is 102 cm³/mol. The van der Waals surface area contributed by atoms with Crippen LogP contribution in [0.2, 0.25) is 0 Å². The fourth-order valence-corrected chi connectivity index (χ4v) is 3.24. The molecule has 0 atom stereocenters. The number of nitrogens with zero attached hydrogens (tertiary/aromatic N) is 3. The van der Waals surface area contributed by atoms with E-state index in [2.05, 4.69) is 15.5 Å². The molecule has 0 saturated carbocycles. The maximum Gasteiger partial charge on any atom is 0.230 e. The molecule has 0 spiro atoms. The largest absolute Gasteiger partial charge is 0.497 e. The molecule has 7 heteroatoms. The highest BCUT2D eigenvalue weighted by Crippen LogP contribution is 2.21. The summed E-state index contributed by atoms with van der Waals surface area (Å²) in [6.07, 6.45) is 1.67. The van der Waals surface area contributed by atoms with E-state index >= 15 is 0 Å². The van der Waals surface area contributed by atoms with E-state index in [1.807, 2.05) is 60.0 Å². The van der Waals surface area contributed by atoms with E-state index in [-0.39, 0.29) is 11.7 Å². The van der Waals surface area contributed by atoms with Gasteiger partial charge in [-0.05, 0) is 36.2 Å². The molecule has 1 aromatic heterocycles. The van der Waals surface area contributed by atoms with Crippen LogP contribution in [-0.4, -0.2) is 33.5 Å². The number of hydrogen-bond donors (Lipinski definition) is 1. The van der Waals surface area contributed by atoms with Crippen molar-refractivity contribution in [2.24, 2.45) is 0 Å². The molecule has 0 bridgehead atoms. The van der Waals surface area contributed by atoms with Crippen LogP contribution >= 0.6 is 11.8 Å². The first-order chi connectivity index (χ1) is 12.7. The van der Waals surface area contributed by atoms with Gasteiger partial charge in [-0.1, -0.05) is 42.1 Å². The number of benzene rings is 2. The molecule has 0 aliphatic carbocycles. The standard InChI is InChI=1S/C19H20N4O2S/c1-14-6-3-4-9-17(14)23-13-21-22-19(23)26-12-18(24)20-11-15-7-5-8-16(10-15)25-2/h3-10,13H,11-12H2,1-2H3,(H,20,24). The number of ether oxygens (including phenoxy) is 1. The number of rotatable bonds is 7. The van der Waals surface area contributed by atoms with Crippen molar-refractivity contribution < 1.29 is 9.53 Å². The van der Waals surface area contributed by atoms with Crippen molar-refractivity contribution in [1.82, 2.24) is 20.1 Å². The molecule has 0 radical (unpaired) electrons. The summed E-state index contributed by atoms with van der Waals surface area (Å²) in [6, 6.07) is 15.6. The van der Waals surface area contributed by atoms with Crippen LogP contribution < -0.4 is 10.1 Å². The van der Waals surface area contributed by atoms with Crippen LogP contribution in [0.25, 0.3) is 5.69 Å². The summed E-state index contributed by atoms with van der Waals surface area (Å²) in [5.41, 5.74) is 3.12. The van der Waals surface area contributed by atoms with Gasteiger partial charge in [-0.15, -0.1) is 10.2 Å². The number of hydrogen-bond acceptors (Lipinski definition) is 5. The number of carbonyl (C=O) groups is 1. The van der Waals surface area contributed by atoms with E-state index in [0.717, 1.165) is 22.6 Å². The molecule has 1 heterocycles. The first-order valence-electron chi connectivity index (χ1n) is 8.16. The second-order valence-electron chi connectivity index (χ2n) is 5.69. The molecule has 0 aliphatic rings. The summed E-state index contributed by atoms with van der Waals surface area (Å²) in [7, 11) is 1.62. The molecule has 1 amide bonds. The number of aryl methyl sites for hydroxylation is 1. The lowest BCUT2D eigenvalue weighted by atomic mass is 10.2. The van der Waals surface area contributed by atoms with Gasteiger partial charge in [0, 0.05) is 6.54 Å². The molecule has 134 valence electrons. The van der Waals surface area contributed by atoms with E-state index in [4.69, 9.17) is 4.74 Å². The zero-order chi connectivity index (χ0) is 18.4. The van der Waals surface area contributed by atoms with Crippen molar-refractivity contribution in [1.29, 1.82) is 0 Å². The Morgan fingerprint density at radius 3 is 2.88 bits per heavy atom. The lowest BCUT2D eigenvalue weighted by Gasteiger charge is -2.09. The molecule has 26 heavy (non-hydrogen) atoms.